The Morgan fingerprint density at radius 1 is 1.24 bits per heavy atom. The monoisotopic (exact) mass is 227 g/mol. The predicted molar refractivity (Wildman–Crippen MR) is 69.1 cm³/mol. The fourth-order valence-corrected chi connectivity index (χ4v) is 2.65. The summed E-state index contributed by atoms with van der Waals surface area (Å²) in [6.07, 6.45) is 5.70. The van der Waals surface area contributed by atoms with Crippen molar-refractivity contribution in [1.82, 2.24) is 10.4 Å². The van der Waals surface area contributed by atoms with Crippen LogP contribution in [0.3, 0.4) is 0 Å². The van der Waals surface area contributed by atoms with Crippen LogP contribution in [0.4, 0.5) is 0 Å². The van der Waals surface area contributed by atoms with Gasteiger partial charge < -0.3 is 0 Å². The molecule has 1 aromatic heterocycles. The Bertz CT molecular complexity index is 514. The Labute approximate surface area is 101 Å². The molecule has 3 nitrogen and oxygen atoms in total. The van der Waals surface area contributed by atoms with Crippen molar-refractivity contribution in [2.75, 3.05) is 0 Å². The second kappa shape index (κ2) is 4.43. The maximum absolute atomic E-state index is 5.74. The topological polar surface area (TPSA) is 50.9 Å². The van der Waals surface area contributed by atoms with Crippen LogP contribution in [0.15, 0.2) is 36.5 Å². The molecule has 1 aliphatic rings. The van der Waals surface area contributed by atoms with Gasteiger partial charge in [-0.1, -0.05) is 24.6 Å². The van der Waals surface area contributed by atoms with Gasteiger partial charge in [0.2, 0.25) is 0 Å². The number of hydrazine groups is 1. The number of hydrogen-bond donors (Lipinski definition) is 2. The highest BCUT2D eigenvalue weighted by Gasteiger charge is 2.28. The van der Waals surface area contributed by atoms with E-state index in [0.29, 0.717) is 5.92 Å². The van der Waals surface area contributed by atoms with Crippen molar-refractivity contribution in [3.05, 3.63) is 42.1 Å². The van der Waals surface area contributed by atoms with Crippen molar-refractivity contribution in [2.45, 2.75) is 25.3 Å². The highest BCUT2D eigenvalue weighted by molar-refractivity contribution is 5.82. The number of rotatable bonds is 3. The zero-order chi connectivity index (χ0) is 11.7. The average Bonchev–Trinajstić information content (AvgIpc) is 2.33. The summed E-state index contributed by atoms with van der Waals surface area (Å²) in [6, 6.07) is 10.6. The molecule has 0 aliphatic heterocycles. The lowest BCUT2D eigenvalue weighted by molar-refractivity contribution is 0.233. The van der Waals surface area contributed by atoms with Gasteiger partial charge in [0.1, 0.15) is 0 Å². The summed E-state index contributed by atoms with van der Waals surface area (Å²) in [6.45, 7) is 0. The van der Waals surface area contributed by atoms with Gasteiger partial charge in [-0.3, -0.25) is 16.3 Å². The number of benzene rings is 1. The molecule has 1 heterocycles. The fraction of sp³-hybridized carbons (Fsp3) is 0.357. The minimum absolute atomic E-state index is 0.261. The molecular weight excluding hydrogens is 210 g/mol. The summed E-state index contributed by atoms with van der Waals surface area (Å²) < 4.78 is 0. The molecule has 1 unspecified atom stereocenters. The fourth-order valence-electron chi connectivity index (χ4n) is 2.65. The van der Waals surface area contributed by atoms with Crippen LogP contribution in [0.2, 0.25) is 0 Å². The lowest BCUT2D eigenvalue weighted by Gasteiger charge is -2.34. The van der Waals surface area contributed by atoms with Gasteiger partial charge >= 0.3 is 0 Å². The third-order valence-electron chi connectivity index (χ3n) is 3.82. The molecule has 3 heteroatoms. The molecule has 3 N–H and O–H groups in total. The van der Waals surface area contributed by atoms with Crippen molar-refractivity contribution in [2.24, 2.45) is 11.8 Å². The van der Waals surface area contributed by atoms with E-state index < -0.39 is 0 Å². The van der Waals surface area contributed by atoms with E-state index in [4.69, 9.17) is 5.84 Å². The predicted octanol–water partition coefficient (Wildman–Crippen LogP) is 2.54. The molecule has 0 spiro atoms. The van der Waals surface area contributed by atoms with E-state index in [0.717, 1.165) is 5.52 Å². The van der Waals surface area contributed by atoms with Gasteiger partial charge in [0, 0.05) is 17.6 Å². The number of nitrogens with two attached hydrogens (primary N) is 1. The number of pyridine rings is 1. The quantitative estimate of drug-likeness (QED) is 0.626. The van der Waals surface area contributed by atoms with Crippen LogP contribution in [-0.4, -0.2) is 4.98 Å². The van der Waals surface area contributed by atoms with Crippen LogP contribution in [-0.2, 0) is 0 Å². The van der Waals surface area contributed by atoms with Crippen molar-refractivity contribution in [1.29, 1.82) is 0 Å². The zero-order valence-corrected chi connectivity index (χ0v) is 9.76. The third kappa shape index (κ3) is 1.81. The Balaban J connectivity index is 2.08. The second-order valence-electron chi connectivity index (χ2n) is 4.75. The molecule has 1 fully saturated rings. The molecule has 0 bridgehead atoms. The lowest BCUT2D eigenvalue weighted by Crippen LogP contribution is -2.36. The Kier molecular flexibility index (Phi) is 2.79. The van der Waals surface area contributed by atoms with Gasteiger partial charge in [0.25, 0.3) is 0 Å². The van der Waals surface area contributed by atoms with E-state index in [1.54, 1.807) is 0 Å². The molecule has 3 rings (SSSR count). The normalized spacial score (nSPS) is 17.9. The van der Waals surface area contributed by atoms with E-state index in [-0.39, 0.29) is 6.04 Å². The number of aromatic nitrogens is 1. The van der Waals surface area contributed by atoms with E-state index in [1.165, 1.54) is 30.2 Å². The Morgan fingerprint density at radius 3 is 2.82 bits per heavy atom. The van der Waals surface area contributed by atoms with Gasteiger partial charge in [-0.05, 0) is 36.5 Å². The average molecular weight is 227 g/mol. The smallest absolute Gasteiger partial charge is 0.0705 e. The SMILES string of the molecule is NNC(c1cccc2ncccc12)C1CCC1. The standard InChI is InChI=1S/C14H17N3/c15-17-14(10-4-1-5-10)12-6-2-8-13-11(12)7-3-9-16-13/h2-3,6-10,14,17H,1,4-5,15H2. The molecular formula is C14H17N3. The lowest BCUT2D eigenvalue weighted by atomic mass is 9.77. The minimum atomic E-state index is 0.261. The third-order valence-corrected chi connectivity index (χ3v) is 3.82. The largest absolute Gasteiger partial charge is 0.271 e. The molecule has 1 atom stereocenters. The first-order valence-electron chi connectivity index (χ1n) is 6.20. The van der Waals surface area contributed by atoms with Gasteiger partial charge in [0.05, 0.1) is 5.52 Å². The van der Waals surface area contributed by atoms with Crippen LogP contribution >= 0.6 is 0 Å². The number of fused-ring (bicyclic) bond motifs is 1. The summed E-state index contributed by atoms with van der Waals surface area (Å²) in [4.78, 5) is 4.39. The van der Waals surface area contributed by atoms with Gasteiger partial charge in [-0.25, -0.2) is 0 Å². The maximum Gasteiger partial charge on any atom is 0.0705 e. The highest BCUT2D eigenvalue weighted by Crippen LogP contribution is 2.39. The van der Waals surface area contributed by atoms with E-state index in [1.807, 2.05) is 18.3 Å². The second-order valence-corrected chi connectivity index (χ2v) is 4.75. The van der Waals surface area contributed by atoms with Crippen molar-refractivity contribution in [3.8, 4) is 0 Å². The summed E-state index contributed by atoms with van der Waals surface area (Å²) >= 11 is 0. The summed E-state index contributed by atoms with van der Waals surface area (Å²) in [5.41, 5.74) is 5.31. The van der Waals surface area contributed by atoms with Gasteiger partial charge in [0.15, 0.2) is 0 Å². The Hall–Kier alpha value is -1.45. The van der Waals surface area contributed by atoms with E-state index in [2.05, 4.69) is 28.6 Å². The molecule has 0 amide bonds. The first-order chi connectivity index (χ1) is 8.40. The number of hydrogen-bond acceptors (Lipinski definition) is 3. The summed E-state index contributed by atoms with van der Waals surface area (Å²) in [7, 11) is 0. The molecule has 1 aliphatic carbocycles. The summed E-state index contributed by atoms with van der Waals surface area (Å²) in [5.74, 6) is 6.41. The molecule has 0 saturated heterocycles. The maximum atomic E-state index is 5.74. The zero-order valence-electron chi connectivity index (χ0n) is 9.76. The van der Waals surface area contributed by atoms with Crippen LogP contribution in [0.1, 0.15) is 30.9 Å². The van der Waals surface area contributed by atoms with Crippen LogP contribution in [0, 0.1) is 5.92 Å². The van der Waals surface area contributed by atoms with Crippen molar-refractivity contribution >= 4 is 10.9 Å². The number of nitrogens with one attached hydrogen (secondary N) is 1. The van der Waals surface area contributed by atoms with E-state index >= 15 is 0 Å². The summed E-state index contributed by atoms with van der Waals surface area (Å²) in [5, 5.41) is 1.21. The minimum Gasteiger partial charge on any atom is -0.271 e. The van der Waals surface area contributed by atoms with Crippen molar-refractivity contribution in [3.63, 3.8) is 0 Å². The molecule has 88 valence electrons. The highest BCUT2D eigenvalue weighted by atomic mass is 15.2. The van der Waals surface area contributed by atoms with Gasteiger partial charge in [-0.2, -0.15) is 0 Å². The first kappa shape index (κ1) is 10.7. The molecule has 1 saturated carbocycles. The van der Waals surface area contributed by atoms with E-state index in [9.17, 15) is 0 Å². The van der Waals surface area contributed by atoms with Crippen molar-refractivity contribution < 1.29 is 0 Å². The molecule has 1 aromatic carbocycles. The molecule has 0 radical (unpaired) electrons. The van der Waals surface area contributed by atoms with Gasteiger partial charge in [-0.15, -0.1) is 0 Å². The van der Waals surface area contributed by atoms with Crippen LogP contribution < -0.4 is 11.3 Å². The first-order valence-corrected chi connectivity index (χ1v) is 6.20. The molecule has 17 heavy (non-hydrogen) atoms. The van der Waals surface area contributed by atoms with Crippen LogP contribution in [0.5, 0.6) is 0 Å². The Morgan fingerprint density at radius 2 is 2.12 bits per heavy atom. The number of nitrogens with zero attached hydrogens (tertiary/aromatic N) is 1. The van der Waals surface area contributed by atoms with Crippen LogP contribution in [0.25, 0.3) is 10.9 Å². The molecule has 2 aromatic rings.